The highest BCUT2D eigenvalue weighted by Gasteiger charge is 2.08. The van der Waals surface area contributed by atoms with Crippen molar-refractivity contribution in [1.29, 1.82) is 0 Å². The average molecular weight is 180 g/mol. The minimum absolute atomic E-state index is 0.291. The van der Waals surface area contributed by atoms with Crippen molar-refractivity contribution in [2.75, 3.05) is 19.8 Å². The van der Waals surface area contributed by atoms with Crippen LogP contribution < -0.4 is 5.32 Å². The summed E-state index contributed by atoms with van der Waals surface area (Å²) in [7, 11) is 0. The molecular formula is C9H12N2O2. The van der Waals surface area contributed by atoms with Crippen molar-refractivity contribution in [2.45, 2.75) is 6.04 Å². The van der Waals surface area contributed by atoms with Gasteiger partial charge in [-0.2, -0.15) is 0 Å². The highest BCUT2D eigenvalue weighted by Crippen LogP contribution is 2.02. The summed E-state index contributed by atoms with van der Waals surface area (Å²) in [6, 6.07) is 2.11. The fraction of sp³-hybridized carbons (Fsp3) is 0.444. The van der Waals surface area contributed by atoms with E-state index in [0.717, 1.165) is 25.5 Å². The second-order valence-electron chi connectivity index (χ2n) is 2.91. The van der Waals surface area contributed by atoms with Gasteiger partial charge in [0.2, 0.25) is 0 Å². The number of hydrogen-bond donors (Lipinski definition) is 1. The van der Waals surface area contributed by atoms with Gasteiger partial charge in [-0.1, -0.05) is 11.2 Å². The molecule has 4 heteroatoms. The molecule has 1 saturated heterocycles. The third-order valence-corrected chi connectivity index (χ3v) is 1.90. The van der Waals surface area contributed by atoms with Crippen molar-refractivity contribution in [3.63, 3.8) is 0 Å². The first-order chi connectivity index (χ1) is 6.45. The van der Waals surface area contributed by atoms with Gasteiger partial charge in [0.1, 0.15) is 0 Å². The molecule has 1 atom stereocenters. The Labute approximate surface area is 76.6 Å². The molecule has 13 heavy (non-hydrogen) atoms. The summed E-state index contributed by atoms with van der Waals surface area (Å²) < 4.78 is 10.2. The monoisotopic (exact) mass is 180 g/mol. The molecule has 0 aromatic carbocycles. The number of morpholine rings is 1. The Bertz CT molecular complexity index is 263. The van der Waals surface area contributed by atoms with Gasteiger partial charge in [0.05, 0.1) is 19.4 Å². The molecule has 4 nitrogen and oxygen atoms in total. The molecular weight excluding hydrogens is 168 g/mol. The molecule has 0 amide bonds. The Morgan fingerprint density at radius 2 is 2.62 bits per heavy atom. The van der Waals surface area contributed by atoms with Gasteiger partial charge in [0.25, 0.3) is 0 Å². The SMILES string of the molecule is C(=CC1COCCN1)c1ccno1. The quantitative estimate of drug-likeness (QED) is 0.727. The van der Waals surface area contributed by atoms with E-state index in [1.165, 1.54) is 0 Å². The molecule has 1 aromatic heterocycles. The summed E-state index contributed by atoms with van der Waals surface area (Å²) in [4.78, 5) is 0. The van der Waals surface area contributed by atoms with Crippen molar-refractivity contribution in [3.05, 3.63) is 24.1 Å². The van der Waals surface area contributed by atoms with E-state index in [0.29, 0.717) is 6.04 Å². The lowest BCUT2D eigenvalue weighted by molar-refractivity contribution is 0.0903. The van der Waals surface area contributed by atoms with Crippen LogP contribution in [-0.2, 0) is 4.74 Å². The average Bonchev–Trinajstić information content (AvgIpc) is 2.69. The second kappa shape index (κ2) is 4.20. The van der Waals surface area contributed by atoms with Crippen molar-refractivity contribution >= 4 is 6.08 Å². The van der Waals surface area contributed by atoms with Gasteiger partial charge in [-0.05, 0) is 6.08 Å². The first kappa shape index (κ1) is 8.47. The normalized spacial score (nSPS) is 23.8. The van der Waals surface area contributed by atoms with Crippen LogP contribution in [0.5, 0.6) is 0 Å². The van der Waals surface area contributed by atoms with Gasteiger partial charge in [0, 0.05) is 18.7 Å². The van der Waals surface area contributed by atoms with E-state index in [-0.39, 0.29) is 0 Å². The van der Waals surface area contributed by atoms with Crippen LogP contribution in [0.1, 0.15) is 5.76 Å². The van der Waals surface area contributed by atoms with Gasteiger partial charge in [-0.15, -0.1) is 0 Å². The van der Waals surface area contributed by atoms with Crippen LogP contribution in [0.3, 0.4) is 0 Å². The van der Waals surface area contributed by atoms with Gasteiger partial charge in [-0.3, -0.25) is 0 Å². The number of nitrogens with zero attached hydrogens (tertiary/aromatic N) is 1. The van der Waals surface area contributed by atoms with E-state index in [1.807, 2.05) is 18.2 Å². The van der Waals surface area contributed by atoms with E-state index in [4.69, 9.17) is 9.26 Å². The minimum atomic E-state index is 0.291. The lowest BCUT2D eigenvalue weighted by atomic mass is 10.2. The Balaban J connectivity index is 1.89. The summed E-state index contributed by atoms with van der Waals surface area (Å²) in [6.45, 7) is 2.43. The highest BCUT2D eigenvalue weighted by molar-refractivity contribution is 5.42. The molecule has 1 aliphatic rings. The maximum atomic E-state index is 5.29. The Hall–Kier alpha value is -1.13. The molecule has 1 aromatic rings. The van der Waals surface area contributed by atoms with Crippen LogP contribution in [0.15, 0.2) is 22.9 Å². The molecule has 1 fully saturated rings. The van der Waals surface area contributed by atoms with Crippen LogP contribution in [0.2, 0.25) is 0 Å². The van der Waals surface area contributed by atoms with Gasteiger partial charge in [0.15, 0.2) is 5.76 Å². The fourth-order valence-corrected chi connectivity index (χ4v) is 1.23. The molecule has 0 aliphatic carbocycles. The zero-order valence-corrected chi connectivity index (χ0v) is 7.27. The Morgan fingerprint density at radius 3 is 3.31 bits per heavy atom. The van der Waals surface area contributed by atoms with E-state index in [1.54, 1.807) is 6.20 Å². The number of rotatable bonds is 2. The highest BCUT2D eigenvalue weighted by atomic mass is 16.5. The summed E-state index contributed by atoms with van der Waals surface area (Å²) in [5.74, 6) is 0.771. The van der Waals surface area contributed by atoms with Gasteiger partial charge >= 0.3 is 0 Å². The number of nitrogens with one attached hydrogen (secondary N) is 1. The molecule has 2 heterocycles. The summed E-state index contributed by atoms with van der Waals surface area (Å²) in [5, 5.41) is 6.92. The lowest BCUT2D eigenvalue weighted by Gasteiger charge is -2.20. The maximum Gasteiger partial charge on any atom is 0.159 e. The Kier molecular flexibility index (Phi) is 2.74. The number of hydrogen-bond acceptors (Lipinski definition) is 4. The predicted molar refractivity (Wildman–Crippen MR) is 48.1 cm³/mol. The molecule has 0 saturated carbocycles. The summed E-state index contributed by atoms with van der Waals surface area (Å²) in [5.41, 5.74) is 0. The van der Waals surface area contributed by atoms with Crippen molar-refractivity contribution in [2.24, 2.45) is 0 Å². The van der Waals surface area contributed by atoms with Crippen molar-refractivity contribution in [1.82, 2.24) is 10.5 Å². The second-order valence-corrected chi connectivity index (χ2v) is 2.91. The molecule has 1 N–H and O–H groups in total. The van der Waals surface area contributed by atoms with Gasteiger partial charge in [-0.25, -0.2) is 0 Å². The smallest absolute Gasteiger partial charge is 0.159 e. The first-order valence-electron chi connectivity index (χ1n) is 4.35. The molecule has 2 rings (SSSR count). The van der Waals surface area contributed by atoms with Crippen LogP contribution in [0, 0.1) is 0 Å². The van der Waals surface area contributed by atoms with Gasteiger partial charge < -0.3 is 14.6 Å². The largest absolute Gasteiger partial charge is 0.378 e. The van der Waals surface area contributed by atoms with E-state index in [9.17, 15) is 0 Å². The summed E-state index contributed by atoms with van der Waals surface area (Å²) >= 11 is 0. The summed E-state index contributed by atoms with van der Waals surface area (Å²) in [6.07, 6.45) is 5.56. The first-order valence-corrected chi connectivity index (χ1v) is 4.35. The fourth-order valence-electron chi connectivity index (χ4n) is 1.23. The maximum absolute atomic E-state index is 5.29. The molecule has 0 bridgehead atoms. The standard InChI is InChI=1S/C9H12N2O2/c1(2-9-3-4-11-13-9)8-7-12-6-5-10-8/h1-4,8,10H,5-7H2. The molecule has 1 unspecified atom stereocenters. The number of ether oxygens (including phenoxy) is 1. The van der Waals surface area contributed by atoms with E-state index < -0.39 is 0 Å². The zero-order chi connectivity index (χ0) is 8.93. The van der Waals surface area contributed by atoms with Crippen LogP contribution in [0.25, 0.3) is 6.08 Å². The lowest BCUT2D eigenvalue weighted by Crippen LogP contribution is -2.39. The third kappa shape index (κ3) is 2.40. The minimum Gasteiger partial charge on any atom is -0.378 e. The zero-order valence-electron chi connectivity index (χ0n) is 7.27. The van der Waals surface area contributed by atoms with Crippen LogP contribution in [0.4, 0.5) is 0 Å². The molecule has 70 valence electrons. The van der Waals surface area contributed by atoms with E-state index in [2.05, 4.69) is 10.5 Å². The topological polar surface area (TPSA) is 47.3 Å². The number of aromatic nitrogens is 1. The van der Waals surface area contributed by atoms with E-state index >= 15 is 0 Å². The van der Waals surface area contributed by atoms with Crippen LogP contribution in [-0.4, -0.2) is 31.0 Å². The molecule has 0 spiro atoms. The predicted octanol–water partition coefficient (Wildman–Crippen LogP) is 0.676. The molecule has 0 radical (unpaired) electrons. The van der Waals surface area contributed by atoms with Crippen molar-refractivity contribution < 1.29 is 9.26 Å². The van der Waals surface area contributed by atoms with Crippen LogP contribution >= 0.6 is 0 Å². The Morgan fingerprint density at radius 1 is 1.62 bits per heavy atom. The molecule has 1 aliphatic heterocycles. The van der Waals surface area contributed by atoms with Crippen molar-refractivity contribution in [3.8, 4) is 0 Å². The third-order valence-electron chi connectivity index (χ3n) is 1.90.